The number of allylic oxidation sites excluding steroid dienone is 2. The average molecular weight is 826 g/mol. The molecule has 4 N–H and O–H groups in total. The molecule has 2 aromatic carbocycles. The average Bonchev–Trinajstić information content (AvgIpc) is 3.57. The number of β-lactam (4-membered cyclic amide) rings is 1. The second kappa shape index (κ2) is 16.8. The Morgan fingerprint density at radius 1 is 1.14 bits per heavy atom. The minimum atomic E-state index is -0.973. The fraction of sp³-hybridized carbons (Fsp3) is 0.206. The van der Waals surface area contributed by atoms with Gasteiger partial charge in [-0.1, -0.05) is 71.9 Å². The molecule has 0 bridgehead atoms. The zero-order valence-corrected chi connectivity index (χ0v) is 30.4. The number of hydrogen-bond acceptors (Lipinski definition) is 12. The first kappa shape index (κ1) is 36.6. The number of pyridine rings is 1. The monoisotopic (exact) mass is 825 g/mol. The minimum absolute atomic E-state index is 0. The van der Waals surface area contributed by atoms with Gasteiger partial charge in [0.2, 0.25) is 11.5 Å². The van der Waals surface area contributed by atoms with Gasteiger partial charge in [0.15, 0.2) is 30.2 Å². The van der Waals surface area contributed by atoms with Crippen LogP contribution in [0.1, 0.15) is 28.6 Å². The van der Waals surface area contributed by atoms with Crippen molar-refractivity contribution in [1.82, 2.24) is 19.6 Å². The van der Waals surface area contributed by atoms with E-state index in [1.807, 2.05) is 95.8 Å². The fourth-order valence-electron chi connectivity index (χ4n) is 5.42. The van der Waals surface area contributed by atoms with Gasteiger partial charge in [-0.3, -0.25) is 14.5 Å². The molecule has 1 saturated heterocycles. The summed E-state index contributed by atoms with van der Waals surface area (Å²) in [5, 5.41) is 15.5. The number of fused-ring (bicyclic) bond motifs is 1. The molecule has 0 aliphatic carbocycles. The topological polar surface area (TPSA) is 173 Å². The Labute approximate surface area is 313 Å². The molecule has 2 aliphatic heterocycles. The van der Waals surface area contributed by atoms with E-state index in [0.29, 0.717) is 17.9 Å². The molecule has 2 aromatic heterocycles. The van der Waals surface area contributed by atoms with Crippen LogP contribution in [0.4, 0.5) is 5.13 Å². The number of nitrogens with one attached hydrogen (secondary N) is 1. The van der Waals surface area contributed by atoms with Crippen LogP contribution in [0.15, 0.2) is 114 Å². The van der Waals surface area contributed by atoms with Crippen molar-refractivity contribution >= 4 is 51.9 Å². The van der Waals surface area contributed by atoms with E-state index >= 15 is 0 Å². The van der Waals surface area contributed by atoms with Crippen molar-refractivity contribution in [2.75, 3.05) is 18.6 Å². The largest absolute Gasteiger partial charge is 1.00 e. The van der Waals surface area contributed by atoms with E-state index in [4.69, 9.17) is 15.3 Å². The van der Waals surface area contributed by atoms with Crippen molar-refractivity contribution < 1.29 is 57.6 Å². The number of thioether (sulfide) groups is 1. The Morgan fingerprint density at radius 2 is 1.84 bits per heavy atom. The van der Waals surface area contributed by atoms with Crippen LogP contribution in [0, 0.1) is 0 Å². The number of oxime groups is 1. The summed E-state index contributed by atoms with van der Waals surface area (Å²) in [6.45, 7) is 0.365. The lowest BCUT2D eigenvalue weighted by atomic mass is 10.0. The smallest absolute Gasteiger partial charge is 0.356 e. The maximum absolute atomic E-state index is 14.2. The van der Waals surface area contributed by atoms with E-state index < -0.39 is 35.3 Å². The molecule has 0 saturated carbocycles. The van der Waals surface area contributed by atoms with Gasteiger partial charge in [0.1, 0.15) is 24.2 Å². The van der Waals surface area contributed by atoms with Crippen molar-refractivity contribution in [3.63, 3.8) is 0 Å². The van der Waals surface area contributed by atoms with Gasteiger partial charge in [-0.25, -0.2) is 9.36 Å². The number of benzene rings is 2. The van der Waals surface area contributed by atoms with E-state index in [0.717, 1.165) is 28.2 Å². The molecule has 50 heavy (non-hydrogen) atoms. The highest BCUT2D eigenvalue weighted by Crippen LogP contribution is 2.42. The second-order valence-electron chi connectivity index (χ2n) is 10.9. The molecule has 258 valence electrons. The molecule has 4 aromatic rings. The predicted molar refractivity (Wildman–Crippen MR) is 182 cm³/mol. The number of aromatic nitrogens is 3. The number of carbonyl (C=O) groups is 3. The normalized spacial score (nSPS) is 17.2. The van der Waals surface area contributed by atoms with Crippen LogP contribution in [0.25, 0.3) is 0 Å². The third-order valence-corrected chi connectivity index (χ3v) is 9.54. The van der Waals surface area contributed by atoms with Gasteiger partial charge < -0.3 is 49.7 Å². The maximum atomic E-state index is 14.2. The molecule has 1 fully saturated rings. The van der Waals surface area contributed by atoms with Crippen molar-refractivity contribution in [2.24, 2.45) is 5.16 Å². The second-order valence-corrected chi connectivity index (χ2v) is 12.8. The first-order valence-corrected chi connectivity index (χ1v) is 17.0. The highest BCUT2D eigenvalue weighted by atomic mass is 127. The summed E-state index contributed by atoms with van der Waals surface area (Å²) in [6, 6.07) is 21.4. The van der Waals surface area contributed by atoms with Crippen molar-refractivity contribution in [1.29, 1.82) is 0 Å². The molecule has 0 radical (unpaired) electrons. The van der Waals surface area contributed by atoms with Crippen LogP contribution < -0.4 is 39.6 Å². The number of halogens is 1. The van der Waals surface area contributed by atoms with E-state index in [1.165, 1.54) is 23.8 Å². The summed E-state index contributed by atoms with van der Waals surface area (Å²) in [5.74, 6) is -1.58. The van der Waals surface area contributed by atoms with Gasteiger partial charge in [-0.2, -0.15) is 9.36 Å². The molecule has 13 nitrogen and oxygen atoms in total. The number of carbonyl (C=O) groups excluding carboxylic acids is 3. The van der Waals surface area contributed by atoms with Gasteiger partial charge in [0.25, 0.3) is 11.8 Å². The number of nitrogens with two attached hydrogens (primary N) is 1. The number of ether oxygens (including phenoxy) is 1. The molecule has 0 spiro atoms. The van der Waals surface area contributed by atoms with Gasteiger partial charge in [0, 0.05) is 28.9 Å². The van der Waals surface area contributed by atoms with Gasteiger partial charge in [-0.15, -0.1) is 11.8 Å². The van der Waals surface area contributed by atoms with Crippen LogP contribution in [0.2, 0.25) is 0 Å². The minimum Gasteiger partial charge on any atom is -1.00 e. The first-order valence-electron chi connectivity index (χ1n) is 15.1. The van der Waals surface area contributed by atoms with Gasteiger partial charge in [-0.05, 0) is 28.8 Å². The molecule has 4 heterocycles. The Morgan fingerprint density at radius 3 is 2.46 bits per heavy atom. The predicted octanol–water partition coefficient (Wildman–Crippen LogP) is -0.502. The summed E-state index contributed by atoms with van der Waals surface area (Å²) in [6.07, 6.45) is 6.63. The SMILES string of the molecule is CON=C(C(=O)NC1C(=O)N2C(C(=O)OC(c3ccccc3)c3ccccc3)=C(C=CC[n+]3cccc(CO)c3)CS[C@H]12)c1nsc(N)n1.[I-]. The number of aliphatic hydroxyl groups is 1. The number of aliphatic hydroxyl groups excluding tert-OH is 1. The number of nitrogens with zero attached hydrogens (tertiary/aromatic N) is 5. The Kier molecular flexibility index (Phi) is 12.3. The molecule has 1 unspecified atom stereocenters. The zero-order valence-electron chi connectivity index (χ0n) is 26.6. The summed E-state index contributed by atoms with van der Waals surface area (Å²) >= 11 is 2.29. The quantitative estimate of drug-likeness (QED) is 0.0423. The number of rotatable bonds is 12. The third kappa shape index (κ3) is 8.04. The summed E-state index contributed by atoms with van der Waals surface area (Å²) in [4.78, 5) is 51.5. The lowest BCUT2D eigenvalue weighted by Crippen LogP contribution is -3.00. The standard InChI is InChI=1S/C34H31N7O6S2.HI/c1-46-38-25(29-37-34(35)49-39-29)30(43)36-26-31(44)41-27(24(20-48-32(26)41)15-9-17-40-16-8-10-21(18-40)19-42)33(45)47-28(22-11-4-2-5-12-22)23-13-6-3-7-14-23;/h2-16,18,26,28,32,42H,17,19-20H2,1H3,(H2-,35,36,37,39,43);1H/t26?,32-;/m1./s1. The summed E-state index contributed by atoms with van der Waals surface area (Å²) < 4.78 is 12.1. The van der Waals surface area contributed by atoms with Gasteiger partial charge >= 0.3 is 5.97 Å². The van der Waals surface area contributed by atoms with E-state index in [-0.39, 0.29) is 52.9 Å². The molecule has 6 rings (SSSR count). The van der Waals surface area contributed by atoms with Gasteiger partial charge in [0.05, 0.1) is 6.61 Å². The highest BCUT2D eigenvalue weighted by Gasteiger charge is 2.54. The Balaban J connectivity index is 0.00000486. The maximum Gasteiger partial charge on any atom is 0.356 e. The Bertz CT molecular complexity index is 1900. The van der Waals surface area contributed by atoms with Crippen LogP contribution in [0.3, 0.4) is 0 Å². The number of amides is 2. The summed E-state index contributed by atoms with van der Waals surface area (Å²) in [7, 11) is 1.27. The van der Waals surface area contributed by atoms with E-state index in [9.17, 15) is 19.5 Å². The zero-order chi connectivity index (χ0) is 34.3. The first-order chi connectivity index (χ1) is 23.9. The van der Waals surface area contributed by atoms with Crippen LogP contribution >= 0.6 is 23.3 Å². The molecule has 2 aliphatic rings. The lowest BCUT2D eigenvalue weighted by molar-refractivity contribution is -0.687. The van der Waals surface area contributed by atoms with Crippen LogP contribution in [0.5, 0.6) is 0 Å². The van der Waals surface area contributed by atoms with Crippen LogP contribution in [-0.2, 0) is 37.1 Å². The van der Waals surface area contributed by atoms with Crippen molar-refractivity contribution in [3.8, 4) is 0 Å². The molecular weight excluding hydrogens is 793 g/mol. The number of hydrogen-bond donors (Lipinski definition) is 3. The molecule has 2 amide bonds. The van der Waals surface area contributed by atoms with Crippen molar-refractivity contribution in [3.05, 3.63) is 131 Å². The number of nitrogen functional groups attached to an aromatic ring is 1. The van der Waals surface area contributed by atoms with E-state index in [2.05, 4.69) is 19.8 Å². The van der Waals surface area contributed by atoms with Crippen LogP contribution in [-0.4, -0.2) is 67.1 Å². The molecule has 2 atom stereocenters. The molecular formula is C34H32IN7O6S2. The van der Waals surface area contributed by atoms with E-state index in [1.54, 1.807) is 6.08 Å². The fourth-order valence-corrected chi connectivity index (χ4v) is 7.18. The lowest BCUT2D eigenvalue weighted by Gasteiger charge is -2.49. The highest BCUT2D eigenvalue weighted by molar-refractivity contribution is 8.00. The summed E-state index contributed by atoms with van der Waals surface area (Å²) in [5.41, 5.74) is 8.44. The number of anilines is 1. The van der Waals surface area contributed by atoms with Crippen molar-refractivity contribution in [2.45, 2.75) is 30.7 Å². The molecule has 16 heteroatoms. The Hall–Kier alpha value is -4.65. The third-order valence-electron chi connectivity index (χ3n) is 7.70. The number of esters is 1.